The summed E-state index contributed by atoms with van der Waals surface area (Å²) in [5.41, 5.74) is 12.6. The molecule has 0 aliphatic heterocycles. The summed E-state index contributed by atoms with van der Waals surface area (Å²) in [5, 5.41) is 0.523. The average Bonchev–Trinajstić information content (AvgIpc) is 2.60. The lowest BCUT2D eigenvalue weighted by Gasteiger charge is -2.13. The second-order valence-electron chi connectivity index (χ2n) is 6.46. The van der Waals surface area contributed by atoms with Gasteiger partial charge >= 0.3 is 11.7 Å². The van der Waals surface area contributed by atoms with Crippen molar-refractivity contribution >= 4 is 22.6 Å². The molecule has 28 heavy (non-hydrogen) atoms. The van der Waals surface area contributed by atoms with Crippen molar-refractivity contribution in [2.45, 2.75) is 19.8 Å². The van der Waals surface area contributed by atoms with Gasteiger partial charge in [0.15, 0.2) is 5.52 Å². The number of fused-ring (bicyclic) bond motifs is 1. The Morgan fingerprint density at radius 3 is 2.46 bits per heavy atom. The molecule has 0 atom stereocenters. The van der Waals surface area contributed by atoms with E-state index in [1.807, 2.05) is 13.0 Å². The fraction of sp³-hybridized carbons (Fsp3) is 0.150. The third-order valence-corrected chi connectivity index (χ3v) is 4.00. The minimum atomic E-state index is -3.50. The lowest BCUT2D eigenvalue weighted by molar-refractivity contribution is -0.399. The number of alkyl halides is 2. The molecule has 5 nitrogen and oxygen atoms in total. The van der Waals surface area contributed by atoms with Crippen molar-refractivity contribution < 1.29 is 18.2 Å². The normalized spacial score (nSPS) is 13.2. The van der Waals surface area contributed by atoms with E-state index in [1.165, 1.54) is 6.08 Å². The summed E-state index contributed by atoms with van der Waals surface area (Å²) in [4.78, 5) is 10.8. The Bertz CT molecular complexity index is 1080. The second kappa shape index (κ2) is 7.30. The third-order valence-electron chi connectivity index (χ3n) is 4.00. The van der Waals surface area contributed by atoms with E-state index in [0.717, 1.165) is 29.8 Å². The fourth-order valence-corrected chi connectivity index (χ4v) is 2.69. The summed E-state index contributed by atoms with van der Waals surface area (Å²) in [6.45, 7) is 3.46. The molecule has 0 radical (unpaired) electrons. The van der Waals surface area contributed by atoms with Gasteiger partial charge in [0.25, 0.3) is 5.82 Å². The molecule has 0 aliphatic rings. The number of aryl methyl sites for hydroxylation is 1. The average molecular weight is 386 g/mol. The van der Waals surface area contributed by atoms with Crippen LogP contribution in [0.1, 0.15) is 23.9 Å². The van der Waals surface area contributed by atoms with Gasteiger partial charge in [-0.3, -0.25) is 0 Å². The molecule has 5 N–H and O–H groups in total. The lowest BCUT2D eigenvalue weighted by atomic mass is 10.1. The molecule has 1 heterocycles. The quantitative estimate of drug-likeness (QED) is 0.531. The highest BCUT2D eigenvalue weighted by Crippen LogP contribution is 2.34. The Morgan fingerprint density at radius 1 is 1.14 bits per heavy atom. The molecule has 0 spiro atoms. The highest BCUT2D eigenvalue weighted by atomic mass is 19.3. The van der Waals surface area contributed by atoms with Crippen LogP contribution in [0, 0.1) is 12.7 Å². The maximum atomic E-state index is 15.0. The summed E-state index contributed by atoms with van der Waals surface area (Å²) in [6, 6.07) is 9.19. The first kappa shape index (κ1) is 19.3. The van der Waals surface area contributed by atoms with Crippen LogP contribution in [-0.2, 0) is 5.92 Å². The predicted octanol–water partition coefficient (Wildman–Crippen LogP) is 3.49. The van der Waals surface area contributed by atoms with Crippen molar-refractivity contribution in [3.63, 3.8) is 0 Å². The minimum absolute atomic E-state index is 0.0559. The smallest absolute Gasteiger partial charge is 0.359 e. The Kier molecular flexibility index (Phi) is 5.04. The SMILES string of the molecule is C/C(N)=C/C(N)=Nc1[nH+]c(C(F)(F)c2ccc(F)cc2)nc2cc(C)ccc12. The fourth-order valence-electron chi connectivity index (χ4n) is 2.69. The number of allylic oxidation sites excluding steroid dienone is 1. The molecular formula is C20H19F3N5+. The molecular weight excluding hydrogens is 367 g/mol. The number of hydrogen-bond acceptors (Lipinski definition) is 3. The number of aromatic amines is 1. The number of benzene rings is 2. The van der Waals surface area contributed by atoms with E-state index < -0.39 is 23.1 Å². The summed E-state index contributed by atoms with van der Waals surface area (Å²) < 4.78 is 43.2. The van der Waals surface area contributed by atoms with Gasteiger partial charge in [-0.2, -0.15) is 8.78 Å². The summed E-state index contributed by atoms with van der Waals surface area (Å²) in [7, 11) is 0. The molecule has 0 saturated carbocycles. The first-order chi connectivity index (χ1) is 13.2. The van der Waals surface area contributed by atoms with Gasteiger partial charge in [0.2, 0.25) is 5.84 Å². The van der Waals surface area contributed by atoms with Gasteiger partial charge in [-0.25, -0.2) is 9.37 Å². The summed E-state index contributed by atoms with van der Waals surface area (Å²) in [5.74, 6) is -4.55. The van der Waals surface area contributed by atoms with Gasteiger partial charge in [-0.1, -0.05) is 11.1 Å². The zero-order valence-electron chi connectivity index (χ0n) is 15.3. The van der Waals surface area contributed by atoms with Gasteiger partial charge in [-0.15, -0.1) is 4.98 Å². The van der Waals surface area contributed by atoms with E-state index >= 15 is 8.78 Å². The highest BCUT2D eigenvalue weighted by molar-refractivity contribution is 5.96. The maximum Gasteiger partial charge on any atom is 0.359 e. The van der Waals surface area contributed by atoms with Gasteiger partial charge in [-0.05, 0) is 55.8 Å². The second-order valence-corrected chi connectivity index (χ2v) is 6.46. The first-order valence-electron chi connectivity index (χ1n) is 8.43. The number of nitrogens with one attached hydrogen (secondary N) is 1. The first-order valence-corrected chi connectivity index (χ1v) is 8.43. The van der Waals surface area contributed by atoms with Crippen LogP contribution in [-0.4, -0.2) is 10.8 Å². The molecule has 0 aliphatic carbocycles. The molecule has 3 rings (SSSR count). The molecule has 0 saturated heterocycles. The van der Waals surface area contributed by atoms with Gasteiger partial charge in [0.1, 0.15) is 5.82 Å². The van der Waals surface area contributed by atoms with Crippen molar-refractivity contribution in [2.24, 2.45) is 16.5 Å². The lowest BCUT2D eigenvalue weighted by Crippen LogP contribution is -2.29. The topological polar surface area (TPSA) is 91.4 Å². The van der Waals surface area contributed by atoms with E-state index in [2.05, 4.69) is 15.0 Å². The number of aliphatic imine (C=N–C) groups is 1. The zero-order valence-corrected chi connectivity index (χ0v) is 15.3. The number of halogens is 3. The van der Waals surface area contributed by atoms with Crippen LogP contribution < -0.4 is 16.5 Å². The summed E-state index contributed by atoms with van der Waals surface area (Å²) >= 11 is 0. The van der Waals surface area contributed by atoms with Crippen molar-refractivity contribution in [2.75, 3.05) is 0 Å². The van der Waals surface area contributed by atoms with Crippen molar-refractivity contribution in [1.29, 1.82) is 0 Å². The van der Waals surface area contributed by atoms with Crippen LogP contribution >= 0.6 is 0 Å². The molecule has 0 bridgehead atoms. The molecule has 0 fully saturated rings. The third kappa shape index (κ3) is 3.95. The number of aromatic nitrogens is 2. The Morgan fingerprint density at radius 2 is 1.82 bits per heavy atom. The number of nitrogens with zero attached hydrogens (tertiary/aromatic N) is 2. The number of rotatable bonds is 4. The van der Waals surface area contributed by atoms with Gasteiger partial charge in [0.05, 0.1) is 5.39 Å². The van der Waals surface area contributed by atoms with Crippen molar-refractivity contribution in [1.82, 2.24) is 4.98 Å². The number of H-pyrrole nitrogens is 1. The van der Waals surface area contributed by atoms with Crippen molar-refractivity contribution in [3.05, 3.63) is 77.0 Å². The highest BCUT2D eigenvalue weighted by Gasteiger charge is 2.42. The van der Waals surface area contributed by atoms with Crippen molar-refractivity contribution in [3.8, 4) is 0 Å². The number of nitrogens with two attached hydrogens (primary N) is 2. The Labute approximate surface area is 159 Å². The van der Waals surface area contributed by atoms with E-state index in [1.54, 1.807) is 19.1 Å². The van der Waals surface area contributed by atoms with Crippen LogP contribution in [0.5, 0.6) is 0 Å². The predicted molar refractivity (Wildman–Crippen MR) is 102 cm³/mol. The Balaban J connectivity index is 2.23. The molecule has 3 aromatic rings. The molecule has 0 unspecified atom stereocenters. The number of amidine groups is 1. The van der Waals surface area contributed by atoms with E-state index in [-0.39, 0.29) is 11.7 Å². The summed E-state index contributed by atoms with van der Waals surface area (Å²) in [6.07, 6.45) is 1.42. The molecule has 1 aromatic heterocycles. The molecule has 8 heteroatoms. The molecule has 0 amide bonds. The molecule has 2 aromatic carbocycles. The van der Waals surface area contributed by atoms with Crippen LogP contribution in [0.15, 0.2) is 59.2 Å². The standard InChI is InChI=1S/C20H18F3N5/c1-11-3-8-15-16(9-11)26-19(28-18(15)27-17(25)10-12(2)24)20(22,23)13-4-6-14(21)7-5-13/h3-10H,24H2,1-2H3,(H2,25,26,27,28)/p+1/b12-10-. The van der Waals surface area contributed by atoms with E-state index in [0.29, 0.717) is 16.6 Å². The van der Waals surface area contributed by atoms with Gasteiger partial charge < -0.3 is 11.5 Å². The number of hydrogen-bond donors (Lipinski definition) is 2. The largest absolute Gasteiger partial charge is 0.402 e. The van der Waals surface area contributed by atoms with Crippen LogP contribution in [0.4, 0.5) is 19.0 Å². The minimum Gasteiger partial charge on any atom is -0.402 e. The maximum absolute atomic E-state index is 15.0. The van der Waals surface area contributed by atoms with E-state index in [4.69, 9.17) is 11.5 Å². The van der Waals surface area contributed by atoms with Crippen LogP contribution in [0.3, 0.4) is 0 Å². The Hall–Kier alpha value is -3.42. The molecule has 144 valence electrons. The van der Waals surface area contributed by atoms with Crippen LogP contribution in [0.2, 0.25) is 0 Å². The monoisotopic (exact) mass is 386 g/mol. The van der Waals surface area contributed by atoms with Crippen LogP contribution in [0.25, 0.3) is 10.9 Å². The zero-order chi connectivity index (χ0) is 20.5. The van der Waals surface area contributed by atoms with Gasteiger partial charge in [0, 0.05) is 17.3 Å². The van der Waals surface area contributed by atoms with E-state index in [9.17, 15) is 4.39 Å².